The van der Waals surface area contributed by atoms with Crippen molar-refractivity contribution in [2.24, 2.45) is 0 Å². The molecule has 1 aromatic heterocycles. The van der Waals surface area contributed by atoms with Crippen molar-refractivity contribution in [1.82, 2.24) is 20.8 Å². The number of nitrogens with one attached hydrogen (secondary N) is 3. The molecule has 8 heteroatoms. The number of halogens is 1. The van der Waals surface area contributed by atoms with Crippen molar-refractivity contribution >= 4 is 34.9 Å². The highest BCUT2D eigenvalue weighted by atomic mass is 19.1. The summed E-state index contributed by atoms with van der Waals surface area (Å²) in [6.45, 7) is -0.0980. The third kappa shape index (κ3) is 4.80. The van der Waals surface area contributed by atoms with Crippen molar-refractivity contribution in [3.05, 3.63) is 59.0 Å². The summed E-state index contributed by atoms with van der Waals surface area (Å²) in [4.78, 5) is 24.9. The number of nitrogens with zero attached hydrogens (tertiary/aromatic N) is 1. The molecule has 0 saturated heterocycles. The van der Waals surface area contributed by atoms with Gasteiger partial charge in [0.2, 0.25) is 5.91 Å². The van der Waals surface area contributed by atoms with E-state index in [1.54, 1.807) is 36.4 Å². The number of aromatic nitrogens is 2. The maximum absolute atomic E-state index is 13.1. The number of carbonyl (C=O) groups excluding carboxylic acids is 2. The van der Waals surface area contributed by atoms with E-state index < -0.39 is 5.91 Å². The first-order valence-electron chi connectivity index (χ1n) is 10.6. The van der Waals surface area contributed by atoms with Crippen LogP contribution in [0.4, 0.5) is 4.39 Å². The molecule has 2 amide bonds. The lowest BCUT2D eigenvalue weighted by atomic mass is 10.1. The number of benzene rings is 2. The van der Waals surface area contributed by atoms with Gasteiger partial charge in [-0.3, -0.25) is 14.7 Å². The number of ether oxygens (including phenoxy) is 1. The smallest absolute Gasteiger partial charge is 0.255 e. The van der Waals surface area contributed by atoms with E-state index >= 15 is 0 Å². The lowest BCUT2D eigenvalue weighted by Gasteiger charge is -2.13. The molecule has 2 aromatic carbocycles. The van der Waals surface area contributed by atoms with Crippen LogP contribution in [0.15, 0.2) is 36.4 Å². The van der Waals surface area contributed by atoms with Crippen LogP contribution in [0.1, 0.15) is 47.3 Å². The first-order valence-corrected chi connectivity index (χ1v) is 10.6. The molecule has 0 radical (unpaired) electrons. The summed E-state index contributed by atoms with van der Waals surface area (Å²) in [6.07, 6.45) is 7.78. The van der Waals surface area contributed by atoms with Crippen LogP contribution in [0.2, 0.25) is 0 Å². The van der Waals surface area contributed by atoms with Gasteiger partial charge >= 0.3 is 0 Å². The molecule has 0 unspecified atom stereocenters. The second-order valence-electron chi connectivity index (χ2n) is 7.79. The average Bonchev–Trinajstić information content (AvgIpc) is 3.46. The van der Waals surface area contributed by atoms with Gasteiger partial charge in [0.05, 0.1) is 35.8 Å². The molecule has 0 aliphatic heterocycles. The first kappa shape index (κ1) is 21.5. The van der Waals surface area contributed by atoms with Crippen LogP contribution in [-0.2, 0) is 4.79 Å². The number of rotatable bonds is 7. The van der Waals surface area contributed by atoms with E-state index in [0.29, 0.717) is 27.9 Å². The number of aromatic amines is 1. The monoisotopic (exact) mass is 436 g/mol. The van der Waals surface area contributed by atoms with Gasteiger partial charge in [-0.05, 0) is 48.7 Å². The van der Waals surface area contributed by atoms with E-state index in [1.165, 1.54) is 19.2 Å². The summed E-state index contributed by atoms with van der Waals surface area (Å²) in [7, 11) is 1.48. The van der Waals surface area contributed by atoms with E-state index in [0.717, 1.165) is 31.2 Å². The van der Waals surface area contributed by atoms with Crippen LogP contribution >= 0.6 is 0 Å². The quantitative estimate of drug-likeness (QED) is 0.527. The van der Waals surface area contributed by atoms with Gasteiger partial charge in [-0.1, -0.05) is 31.1 Å². The van der Waals surface area contributed by atoms with Crippen molar-refractivity contribution in [2.45, 2.75) is 31.7 Å². The van der Waals surface area contributed by atoms with Crippen molar-refractivity contribution in [3.63, 3.8) is 0 Å². The molecular weight excluding hydrogens is 411 g/mol. The van der Waals surface area contributed by atoms with Gasteiger partial charge in [0.1, 0.15) is 11.6 Å². The largest absolute Gasteiger partial charge is 0.495 e. The zero-order valence-corrected chi connectivity index (χ0v) is 17.8. The minimum atomic E-state index is -0.403. The molecule has 1 fully saturated rings. The minimum Gasteiger partial charge on any atom is -0.495 e. The topological polar surface area (TPSA) is 96.1 Å². The van der Waals surface area contributed by atoms with Crippen molar-refractivity contribution in [2.75, 3.05) is 13.7 Å². The molecule has 166 valence electrons. The number of H-pyrrole nitrogens is 1. The molecule has 0 bridgehead atoms. The molecule has 1 saturated carbocycles. The Hall–Kier alpha value is -3.68. The Morgan fingerprint density at radius 3 is 2.62 bits per heavy atom. The van der Waals surface area contributed by atoms with Crippen molar-refractivity contribution in [3.8, 4) is 5.75 Å². The molecule has 4 rings (SSSR count). The van der Waals surface area contributed by atoms with Crippen LogP contribution in [0, 0.1) is 5.82 Å². The maximum atomic E-state index is 13.1. The summed E-state index contributed by atoms with van der Waals surface area (Å²) in [5, 5.41) is 13.5. The molecule has 3 N–H and O–H groups in total. The Kier molecular flexibility index (Phi) is 6.49. The lowest BCUT2D eigenvalue weighted by Crippen LogP contribution is -2.41. The zero-order chi connectivity index (χ0) is 22.5. The number of carbonyl (C=O) groups is 2. The molecule has 1 aliphatic rings. The lowest BCUT2D eigenvalue weighted by molar-refractivity contribution is -0.120. The van der Waals surface area contributed by atoms with E-state index in [-0.39, 0.29) is 24.3 Å². The highest BCUT2D eigenvalue weighted by Crippen LogP contribution is 2.32. The molecule has 32 heavy (non-hydrogen) atoms. The predicted molar refractivity (Wildman–Crippen MR) is 121 cm³/mol. The fraction of sp³-hybridized carbons (Fsp3) is 0.292. The molecule has 1 aliphatic carbocycles. The van der Waals surface area contributed by atoms with Gasteiger partial charge < -0.3 is 15.4 Å². The summed E-state index contributed by atoms with van der Waals surface area (Å²) in [5.74, 6) is -0.540. The third-order valence-electron chi connectivity index (χ3n) is 5.59. The van der Waals surface area contributed by atoms with E-state index in [2.05, 4.69) is 20.8 Å². The van der Waals surface area contributed by atoms with Gasteiger partial charge in [0, 0.05) is 6.04 Å². The van der Waals surface area contributed by atoms with Gasteiger partial charge in [-0.2, -0.15) is 5.10 Å². The maximum Gasteiger partial charge on any atom is 0.255 e. The normalized spacial score (nSPS) is 14.2. The highest BCUT2D eigenvalue weighted by Gasteiger charge is 2.21. The van der Waals surface area contributed by atoms with Crippen LogP contribution in [0.5, 0.6) is 5.75 Å². The van der Waals surface area contributed by atoms with E-state index in [9.17, 15) is 14.0 Å². The van der Waals surface area contributed by atoms with Crippen LogP contribution in [0.3, 0.4) is 0 Å². The predicted octanol–water partition coefficient (Wildman–Crippen LogP) is 3.67. The Morgan fingerprint density at radius 2 is 1.91 bits per heavy atom. The van der Waals surface area contributed by atoms with Crippen LogP contribution < -0.4 is 15.4 Å². The Balaban J connectivity index is 1.52. The van der Waals surface area contributed by atoms with Crippen molar-refractivity contribution in [1.29, 1.82) is 0 Å². The number of fused-ring (bicyclic) bond motifs is 1. The first-order chi connectivity index (χ1) is 15.5. The summed E-state index contributed by atoms with van der Waals surface area (Å²) in [6, 6.07) is 9.67. The second-order valence-corrected chi connectivity index (χ2v) is 7.79. The van der Waals surface area contributed by atoms with Gasteiger partial charge in [-0.25, -0.2) is 4.39 Å². The van der Waals surface area contributed by atoms with E-state index in [4.69, 9.17) is 4.74 Å². The standard InChI is InChI=1S/C24H25FN4O3/c1-32-23-18(24(31)26-14-21(30)27-17-4-2-3-5-17)11-13-20-22(23)19(28-29-20)12-8-15-6-9-16(25)10-7-15/h6-13,17H,2-5,14H2,1H3,(H,26,31)(H,27,30)(H,28,29)/b12-8+. The number of hydrogen-bond acceptors (Lipinski definition) is 4. The van der Waals surface area contributed by atoms with Gasteiger partial charge in [0.25, 0.3) is 5.91 Å². The Labute approximate surface area is 185 Å². The molecule has 3 aromatic rings. The Bertz CT molecular complexity index is 1150. The molecule has 7 nitrogen and oxygen atoms in total. The number of methoxy groups -OCH3 is 1. The van der Waals surface area contributed by atoms with Crippen LogP contribution in [0.25, 0.3) is 23.1 Å². The molecular formula is C24H25FN4O3. The van der Waals surface area contributed by atoms with Gasteiger partial charge in [0.15, 0.2) is 0 Å². The number of hydrogen-bond donors (Lipinski definition) is 3. The van der Waals surface area contributed by atoms with Gasteiger partial charge in [-0.15, -0.1) is 0 Å². The van der Waals surface area contributed by atoms with Crippen molar-refractivity contribution < 1.29 is 18.7 Å². The minimum absolute atomic E-state index is 0.0980. The zero-order valence-electron chi connectivity index (χ0n) is 17.8. The molecule has 0 atom stereocenters. The summed E-state index contributed by atoms with van der Waals surface area (Å²) in [5.41, 5.74) is 2.40. The van der Waals surface area contributed by atoms with Crippen LogP contribution in [-0.4, -0.2) is 41.7 Å². The highest BCUT2D eigenvalue weighted by molar-refractivity contribution is 6.06. The fourth-order valence-electron chi connectivity index (χ4n) is 3.97. The third-order valence-corrected chi connectivity index (χ3v) is 5.59. The average molecular weight is 436 g/mol. The summed E-state index contributed by atoms with van der Waals surface area (Å²) < 4.78 is 18.7. The molecule has 1 heterocycles. The number of amides is 2. The van der Waals surface area contributed by atoms with E-state index in [1.807, 2.05) is 0 Å². The fourth-order valence-corrected chi connectivity index (χ4v) is 3.97. The second kappa shape index (κ2) is 9.64. The summed E-state index contributed by atoms with van der Waals surface area (Å²) >= 11 is 0. The SMILES string of the molecule is COc1c(C(=O)NCC(=O)NC2CCCC2)ccc2[nH]nc(/C=C/c3ccc(F)cc3)c12. The Morgan fingerprint density at radius 1 is 1.16 bits per heavy atom. The molecule has 0 spiro atoms.